The molecule has 8 nitrogen and oxygen atoms in total. The molecule has 1 N–H and O–H groups in total. The van der Waals surface area contributed by atoms with Crippen molar-refractivity contribution in [3.8, 4) is 34.4 Å². The Labute approximate surface area is 172 Å². The molecule has 4 rings (SSSR count). The summed E-state index contributed by atoms with van der Waals surface area (Å²) in [5.41, 5.74) is 2.14. The van der Waals surface area contributed by atoms with Crippen molar-refractivity contribution in [3.05, 3.63) is 64.1 Å². The van der Waals surface area contributed by atoms with Gasteiger partial charge in [-0.3, -0.25) is 9.36 Å². The van der Waals surface area contributed by atoms with Crippen LogP contribution in [-0.4, -0.2) is 41.3 Å². The quantitative estimate of drug-likeness (QED) is 0.626. The summed E-state index contributed by atoms with van der Waals surface area (Å²) in [6, 6.07) is 11.5. The molecular weight excluding hydrogens is 388 g/mol. The SMILES string of the molecule is COc1cc2c(cc1OC)-c1cc(OCC(=O)c3ccccc3O)nc(=O)n1CC2. The largest absolute Gasteiger partial charge is 0.507 e. The highest BCUT2D eigenvalue weighted by molar-refractivity contribution is 5.99. The number of ether oxygens (including phenoxy) is 3. The Morgan fingerprint density at radius 2 is 1.87 bits per heavy atom. The lowest BCUT2D eigenvalue weighted by Crippen LogP contribution is -2.29. The average Bonchev–Trinajstić information content (AvgIpc) is 2.76. The molecule has 1 aliphatic heterocycles. The van der Waals surface area contributed by atoms with E-state index in [4.69, 9.17) is 14.2 Å². The van der Waals surface area contributed by atoms with Crippen LogP contribution in [-0.2, 0) is 13.0 Å². The normalized spacial score (nSPS) is 11.9. The lowest BCUT2D eigenvalue weighted by Gasteiger charge is -2.23. The smallest absolute Gasteiger partial charge is 0.351 e. The van der Waals surface area contributed by atoms with Crippen LogP contribution in [0.2, 0.25) is 0 Å². The highest BCUT2D eigenvalue weighted by Gasteiger charge is 2.22. The molecule has 0 bridgehead atoms. The number of ketones is 1. The van der Waals surface area contributed by atoms with Crippen LogP contribution < -0.4 is 19.9 Å². The molecule has 0 radical (unpaired) electrons. The van der Waals surface area contributed by atoms with E-state index >= 15 is 0 Å². The zero-order valence-electron chi connectivity index (χ0n) is 16.5. The van der Waals surface area contributed by atoms with E-state index in [1.165, 1.54) is 12.1 Å². The molecule has 0 atom stereocenters. The number of aromatic hydroxyl groups is 1. The molecule has 0 spiro atoms. The molecule has 0 amide bonds. The molecule has 1 aliphatic rings. The van der Waals surface area contributed by atoms with E-state index in [1.807, 2.05) is 12.1 Å². The molecular formula is C22H20N2O6. The maximum absolute atomic E-state index is 12.5. The number of carbonyl (C=O) groups is 1. The van der Waals surface area contributed by atoms with Gasteiger partial charge in [-0.2, -0.15) is 4.98 Å². The average molecular weight is 408 g/mol. The standard InChI is InChI=1S/C22H20N2O6/c1-28-19-9-13-7-8-24-16(15(13)10-20(19)29-2)11-21(23-22(24)27)30-12-18(26)14-5-3-4-6-17(14)25/h3-6,9-11,25H,7-8,12H2,1-2H3. The van der Waals surface area contributed by atoms with Gasteiger partial charge in [0, 0.05) is 18.2 Å². The molecule has 154 valence electrons. The van der Waals surface area contributed by atoms with Crippen LogP contribution in [0.5, 0.6) is 23.1 Å². The lowest BCUT2D eigenvalue weighted by atomic mass is 9.97. The number of aryl methyl sites for hydroxylation is 1. The van der Waals surface area contributed by atoms with Gasteiger partial charge in [-0.05, 0) is 36.2 Å². The predicted molar refractivity (Wildman–Crippen MR) is 109 cm³/mol. The third-order valence-corrected chi connectivity index (χ3v) is 5.03. The number of hydrogen-bond donors (Lipinski definition) is 1. The molecule has 2 heterocycles. The van der Waals surface area contributed by atoms with Crippen molar-refractivity contribution < 1.29 is 24.1 Å². The van der Waals surface area contributed by atoms with Gasteiger partial charge in [-0.1, -0.05) is 12.1 Å². The highest BCUT2D eigenvalue weighted by atomic mass is 16.5. The molecule has 0 fully saturated rings. The van der Waals surface area contributed by atoms with E-state index in [2.05, 4.69) is 4.98 Å². The Morgan fingerprint density at radius 3 is 2.60 bits per heavy atom. The van der Waals surface area contributed by atoms with Gasteiger partial charge in [0.15, 0.2) is 18.1 Å². The first kappa shape index (κ1) is 19.5. The minimum absolute atomic E-state index is 0.0395. The fourth-order valence-electron chi connectivity index (χ4n) is 3.52. The molecule has 1 aromatic heterocycles. The molecule has 30 heavy (non-hydrogen) atoms. The van der Waals surface area contributed by atoms with E-state index < -0.39 is 11.5 Å². The molecule has 0 saturated heterocycles. The van der Waals surface area contributed by atoms with Crippen LogP contribution >= 0.6 is 0 Å². The monoisotopic (exact) mass is 408 g/mol. The van der Waals surface area contributed by atoms with E-state index in [9.17, 15) is 14.7 Å². The number of rotatable bonds is 6. The summed E-state index contributed by atoms with van der Waals surface area (Å²) < 4.78 is 17.8. The minimum atomic E-state index is -0.460. The summed E-state index contributed by atoms with van der Waals surface area (Å²) in [4.78, 5) is 28.8. The van der Waals surface area contributed by atoms with Gasteiger partial charge in [0.05, 0.1) is 25.5 Å². The molecule has 3 aromatic rings. The van der Waals surface area contributed by atoms with E-state index in [-0.39, 0.29) is 23.8 Å². The minimum Gasteiger partial charge on any atom is -0.507 e. The number of Topliss-reactive ketones (excluding diaryl/α,β-unsaturated/α-hetero) is 1. The number of aromatic nitrogens is 2. The van der Waals surface area contributed by atoms with Crippen molar-refractivity contribution >= 4 is 5.78 Å². The van der Waals surface area contributed by atoms with Gasteiger partial charge in [-0.25, -0.2) is 4.79 Å². The zero-order valence-corrected chi connectivity index (χ0v) is 16.5. The van der Waals surface area contributed by atoms with Gasteiger partial charge in [0.2, 0.25) is 11.7 Å². The van der Waals surface area contributed by atoms with Gasteiger partial charge < -0.3 is 19.3 Å². The first-order valence-electron chi connectivity index (χ1n) is 9.33. The lowest BCUT2D eigenvalue weighted by molar-refractivity contribution is 0.0915. The Balaban J connectivity index is 1.66. The Kier molecular flexibility index (Phi) is 5.14. The summed E-state index contributed by atoms with van der Waals surface area (Å²) >= 11 is 0. The number of phenolic OH excluding ortho intramolecular Hbond substituents is 1. The highest BCUT2D eigenvalue weighted by Crippen LogP contribution is 2.38. The number of para-hydroxylation sites is 1. The second-order valence-corrected chi connectivity index (χ2v) is 6.76. The maximum atomic E-state index is 12.5. The summed E-state index contributed by atoms with van der Waals surface area (Å²) in [6.45, 7) is 0.118. The number of carbonyl (C=O) groups excluding carboxylic acids is 1. The number of benzene rings is 2. The zero-order chi connectivity index (χ0) is 21.3. The van der Waals surface area contributed by atoms with Crippen molar-refractivity contribution in [2.75, 3.05) is 20.8 Å². The summed E-state index contributed by atoms with van der Waals surface area (Å²) in [7, 11) is 3.12. The van der Waals surface area contributed by atoms with Gasteiger partial charge in [-0.15, -0.1) is 0 Å². The van der Waals surface area contributed by atoms with E-state index in [0.717, 1.165) is 11.1 Å². The third kappa shape index (κ3) is 3.47. The van der Waals surface area contributed by atoms with Crippen molar-refractivity contribution in [1.82, 2.24) is 9.55 Å². The number of nitrogens with zero attached hydrogens (tertiary/aromatic N) is 2. The number of hydrogen-bond acceptors (Lipinski definition) is 7. The first-order valence-corrected chi connectivity index (χ1v) is 9.33. The van der Waals surface area contributed by atoms with Crippen LogP contribution in [0.3, 0.4) is 0 Å². The Morgan fingerprint density at radius 1 is 1.13 bits per heavy atom. The van der Waals surface area contributed by atoms with Crippen LogP contribution in [0.15, 0.2) is 47.3 Å². The molecule has 2 aromatic carbocycles. The molecule has 0 unspecified atom stereocenters. The second kappa shape index (κ2) is 7.90. The number of fused-ring (bicyclic) bond motifs is 3. The second-order valence-electron chi connectivity index (χ2n) is 6.76. The number of methoxy groups -OCH3 is 2. The fourth-order valence-corrected chi connectivity index (χ4v) is 3.52. The summed E-state index contributed by atoms with van der Waals surface area (Å²) in [6.07, 6.45) is 0.649. The molecule has 0 saturated carbocycles. The predicted octanol–water partition coefficient (Wildman–Crippen LogP) is 2.45. The topological polar surface area (TPSA) is 99.9 Å². The van der Waals surface area contributed by atoms with Crippen molar-refractivity contribution in [2.45, 2.75) is 13.0 Å². The van der Waals surface area contributed by atoms with Crippen LogP contribution in [0.4, 0.5) is 0 Å². The van der Waals surface area contributed by atoms with Gasteiger partial charge in [0.1, 0.15) is 5.75 Å². The Bertz CT molecular complexity index is 1180. The summed E-state index contributed by atoms with van der Waals surface area (Å²) in [5, 5.41) is 9.81. The van der Waals surface area contributed by atoms with Crippen LogP contribution in [0.1, 0.15) is 15.9 Å². The van der Waals surface area contributed by atoms with Crippen molar-refractivity contribution in [1.29, 1.82) is 0 Å². The van der Waals surface area contributed by atoms with Crippen molar-refractivity contribution in [2.24, 2.45) is 0 Å². The number of phenols is 1. The molecule has 0 aliphatic carbocycles. The Hall–Kier alpha value is -3.81. The van der Waals surface area contributed by atoms with Crippen LogP contribution in [0, 0.1) is 0 Å². The molecule has 8 heteroatoms. The van der Waals surface area contributed by atoms with E-state index in [1.54, 1.807) is 37.0 Å². The van der Waals surface area contributed by atoms with Gasteiger partial charge in [0.25, 0.3) is 0 Å². The van der Waals surface area contributed by atoms with Crippen LogP contribution in [0.25, 0.3) is 11.3 Å². The van der Waals surface area contributed by atoms with E-state index in [0.29, 0.717) is 30.2 Å². The van der Waals surface area contributed by atoms with Gasteiger partial charge >= 0.3 is 5.69 Å². The van der Waals surface area contributed by atoms with Crippen molar-refractivity contribution in [3.63, 3.8) is 0 Å². The fraction of sp³-hybridized carbons (Fsp3) is 0.227. The third-order valence-electron chi connectivity index (χ3n) is 5.03. The maximum Gasteiger partial charge on any atom is 0.351 e. The summed E-state index contributed by atoms with van der Waals surface area (Å²) in [5.74, 6) is 0.661. The first-order chi connectivity index (χ1) is 14.5.